The molecule has 0 aromatic carbocycles. The van der Waals surface area contributed by atoms with Gasteiger partial charge in [0.25, 0.3) is 0 Å². The molecule has 0 unspecified atom stereocenters. The first kappa shape index (κ1) is 13.0. The van der Waals surface area contributed by atoms with Crippen molar-refractivity contribution in [3.05, 3.63) is 0 Å². The largest absolute Gasteiger partial charge is 0.378 e. The summed E-state index contributed by atoms with van der Waals surface area (Å²) in [4.78, 5) is 21.2. The summed E-state index contributed by atoms with van der Waals surface area (Å²) >= 11 is 1.78. The van der Waals surface area contributed by atoms with Gasteiger partial charge in [-0.2, -0.15) is 0 Å². The molecular weight excluding hydrogens is 232 g/mol. The van der Waals surface area contributed by atoms with E-state index in [1.54, 1.807) is 13.8 Å². The van der Waals surface area contributed by atoms with E-state index < -0.39 is 0 Å². The van der Waals surface area contributed by atoms with Crippen LogP contribution in [0.15, 0.2) is 0 Å². The summed E-state index contributed by atoms with van der Waals surface area (Å²) in [6.07, 6.45) is 0.681. The lowest BCUT2D eigenvalue weighted by molar-refractivity contribution is -0.133. The maximum absolute atomic E-state index is 10.6. The number of hydrogen-bond donors (Lipinski definition) is 0. The maximum Gasteiger partial charge on any atom is 0.318 e. The minimum absolute atomic E-state index is 0.292. The minimum atomic E-state index is -0.292. The molecule has 0 saturated heterocycles. The van der Waals surface area contributed by atoms with Gasteiger partial charge in [-0.05, 0) is 0 Å². The van der Waals surface area contributed by atoms with Crippen molar-refractivity contribution in [2.45, 2.75) is 26.7 Å². The van der Waals surface area contributed by atoms with Crippen molar-refractivity contribution in [1.29, 1.82) is 0 Å². The Morgan fingerprint density at radius 1 is 1.00 bits per heavy atom. The van der Waals surface area contributed by atoms with Gasteiger partial charge < -0.3 is 8.37 Å². The topological polar surface area (TPSA) is 52.6 Å². The monoisotopic (exact) mass is 242 g/mol. The number of carbonyl (C=O) groups is 2. The Labute approximate surface area is 88.7 Å². The molecule has 13 heavy (non-hydrogen) atoms. The number of carbonyl (C=O) groups excluding carboxylic acids is 2. The molecule has 0 aromatic heterocycles. The fourth-order valence-corrected chi connectivity index (χ4v) is 2.09. The third-order valence-electron chi connectivity index (χ3n) is 0.887. The van der Waals surface area contributed by atoms with Gasteiger partial charge in [0.1, 0.15) is 22.1 Å². The van der Waals surface area contributed by atoms with Gasteiger partial charge in [-0.25, -0.2) is 0 Å². The first-order chi connectivity index (χ1) is 6.20. The van der Waals surface area contributed by atoms with Gasteiger partial charge in [0.05, 0.1) is 9.83 Å². The number of rotatable bonds is 6. The minimum Gasteiger partial charge on any atom is -0.378 e. The average molecular weight is 242 g/mol. The first-order valence-electron chi connectivity index (χ1n) is 3.60. The molecule has 0 fully saturated rings. The smallest absolute Gasteiger partial charge is 0.318 e. The molecule has 0 saturated carbocycles. The average Bonchev–Trinajstić information content (AvgIpc) is 2.16. The lowest BCUT2D eigenvalue weighted by Gasteiger charge is -1.98. The fraction of sp³-hybridized carbons (Fsp3) is 0.667. The van der Waals surface area contributed by atoms with Crippen molar-refractivity contribution in [3.8, 4) is 0 Å². The predicted octanol–water partition coefficient (Wildman–Crippen LogP) is 2.75. The van der Waals surface area contributed by atoms with E-state index in [9.17, 15) is 9.59 Å². The molecule has 0 atom stereocenters. The molecule has 0 bridgehead atoms. The second kappa shape index (κ2) is 8.58. The number of hydrogen-bond acceptors (Lipinski definition) is 7. The summed E-state index contributed by atoms with van der Waals surface area (Å²) in [7, 11) is 1.09. The highest BCUT2D eigenvalue weighted by Gasteiger charge is 2.03. The Morgan fingerprint density at radius 2 is 1.38 bits per heavy atom. The second-order valence-electron chi connectivity index (χ2n) is 1.82. The van der Waals surface area contributed by atoms with Crippen LogP contribution in [0.2, 0.25) is 0 Å². The van der Waals surface area contributed by atoms with Crippen molar-refractivity contribution >= 4 is 43.9 Å². The highest BCUT2D eigenvalue weighted by Crippen LogP contribution is 2.36. The van der Waals surface area contributed by atoms with Crippen LogP contribution in [0.3, 0.4) is 0 Å². The van der Waals surface area contributed by atoms with Gasteiger partial charge in [-0.15, -0.1) is 0 Å². The SMILES string of the molecule is CCC(=O)OSSSOC(=O)CC. The summed E-state index contributed by atoms with van der Waals surface area (Å²) in [6, 6.07) is 0. The molecule has 76 valence electrons. The molecule has 0 heterocycles. The van der Waals surface area contributed by atoms with Crippen LogP contribution in [0.4, 0.5) is 0 Å². The fourth-order valence-electron chi connectivity index (χ4n) is 0.233. The van der Waals surface area contributed by atoms with Gasteiger partial charge >= 0.3 is 11.9 Å². The lowest BCUT2D eigenvalue weighted by atomic mass is 10.5. The molecule has 4 nitrogen and oxygen atoms in total. The molecule has 0 aliphatic heterocycles. The van der Waals surface area contributed by atoms with Crippen molar-refractivity contribution in [3.63, 3.8) is 0 Å². The van der Waals surface area contributed by atoms with Crippen molar-refractivity contribution < 1.29 is 18.0 Å². The maximum atomic E-state index is 10.6. The predicted molar refractivity (Wildman–Crippen MR) is 55.5 cm³/mol. The molecule has 0 aromatic rings. The summed E-state index contributed by atoms with van der Waals surface area (Å²) in [6.45, 7) is 3.41. The molecule has 7 heteroatoms. The summed E-state index contributed by atoms with van der Waals surface area (Å²) in [5.41, 5.74) is 0. The molecule has 0 rings (SSSR count). The van der Waals surface area contributed by atoms with Crippen LogP contribution < -0.4 is 0 Å². The van der Waals surface area contributed by atoms with Crippen LogP contribution in [0.25, 0.3) is 0 Å². The van der Waals surface area contributed by atoms with E-state index in [1.807, 2.05) is 0 Å². The molecule has 0 N–H and O–H groups in total. The zero-order valence-corrected chi connectivity index (χ0v) is 9.72. The van der Waals surface area contributed by atoms with E-state index in [-0.39, 0.29) is 11.9 Å². The van der Waals surface area contributed by atoms with Gasteiger partial charge in [0.15, 0.2) is 0 Å². The zero-order chi connectivity index (χ0) is 10.1. The van der Waals surface area contributed by atoms with Crippen LogP contribution in [0, 0.1) is 0 Å². The van der Waals surface area contributed by atoms with Crippen molar-refractivity contribution in [2.75, 3.05) is 0 Å². The van der Waals surface area contributed by atoms with Gasteiger partial charge in [0.2, 0.25) is 0 Å². The lowest BCUT2D eigenvalue weighted by Crippen LogP contribution is -1.94. The van der Waals surface area contributed by atoms with Gasteiger partial charge in [-0.3, -0.25) is 9.59 Å². The Kier molecular flexibility index (Phi) is 8.58. The zero-order valence-electron chi connectivity index (χ0n) is 7.27. The van der Waals surface area contributed by atoms with Crippen LogP contribution in [-0.4, -0.2) is 11.9 Å². The highest BCUT2D eigenvalue weighted by molar-refractivity contribution is 9.07. The highest BCUT2D eigenvalue weighted by atomic mass is 33.5. The molecule has 0 radical (unpaired) electrons. The van der Waals surface area contributed by atoms with E-state index in [4.69, 9.17) is 0 Å². The van der Waals surface area contributed by atoms with E-state index in [2.05, 4.69) is 8.37 Å². The third-order valence-corrected chi connectivity index (χ3v) is 3.25. The summed E-state index contributed by atoms with van der Waals surface area (Å²) < 4.78 is 9.27. The van der Waals surface area contributed by atoms with Crippen LogP contribution in [0.1, 0.15) is 26.7 Å². The van der Waals surface area contributed by atoms with Crippen LogP contribution in [0.5, 0.6) is 0 Å². The quantitative estimate of drug-likeness (QED) is 0.403. The Balaban J connectivity index is 3.17. The molecule has 0 spiro atoms. The van der Waals surface area contributed by atoms with Crippen molar-refractivity contribution in [2.24, 2.45) is 0 Å². The molecule has 0 aliphatic rings. The Hall–Kier alpha value is -0.0100. The van der Waals surface area contributed by atoms with E-state index in [0.29, 0.717) is 12.8 Å². The normalized spacial score (nSPS) is 9.38. The summed E-state index contributed by atoms with van der Waals surface area (Å²) in [5, 5.41) is 0. The second-order valence-corrected chi connectivity index (χ2v) is 5.01. The van der Waals surface area contributed by atoms with Crippen LogP contribution >= 0.6 is 32.0 Å². The third kappa shape index (κ3) is 8.32. The van der Waals surface area contributed by atoms with E-state index in [1.165, 1.54) is 0 Å². The van der Waals surface area contributed by atoms with E-state index in [0.717, 1.165) is 32.0 Å². The van der Waals surface area contributed by atoms with Gasteiger partial charge in [0, 0.05) is 12.8 Å². The van der Waals surface area contributed by atoms with Crippen LogP contribution in [-0.2, 0) is 18.0 Å². The Bertz CT molecular complexity index is 155. The molecule has 0 aliphatic carbocycles. The van der Waals surface area contributed by atoms with E-state index >= 15 is 0 Å². The molecular formula is C6H10O4S3. The Morgan fingerprint density at radius 3 is 1.69 bits per heavy atom. The molecule has 0 amide bonds. The van der Waals surface area contributed by atoms with Crippen molar-refractivity contribution in [1.82, 2.24) is 0 Å². The standard InChI is InChI=1S/C6H10O4S3/c1-3-5(7)9-11-13-12-10-6(8)4-2/h3-4H2,1-2H3. The van der Waals surface area contributed by atoms with Gasteiger partial charge in [-0.1, -0.05) is 13.8 Å². The summed E-state index contributed by atoms with van der Waals surface area (Å²) in [5.74, 6) is -0.583. The first-order valence-corrected chi connectivity index (χ1v) is 6.94.